The molecule has 0 radical (unpaired) electrons. The highest BCUT2D eigenvalue weighted by Crippen LogP contribution is 2.17. The van der Waals surface area contributed by atoms with Gasteiger partial charge in [0.1, 0.15) is 0 Å². The average molecular weight is 331 g/mol. The van der Waals surface area contributed by atoms with E-state index in [9.17, 15) is 18.5 Å². The quantitative estimate of drug-likeness (QED) is 0.645. The van der Waals surface area contributed by atoms with E-state index >= 15 is 0 Å². The third kappa shape index (κ3) is 4.79. The molecule has 0 spiro atoms. The first-order chi connectivity index (χ1) is 10.9. The first-order valence-corrected chi connectivity index (χ1v) is 8.24. The SMILES string of the molecule is N#CCc1ccc(NS(=O)(=O)Cc2cccc([N+](=O)[O-])c2)cc1. The Morgan fingerprint density at radius 3 is 2.43 bits per heavy atom. The predicted molar refractivity (Wildman–Crippen MR) is 85.1 cm³/mol. The summed E-state index contributed by atoms with van der Waals surface area (Å²) in [5.41, 5.74) is 1.33. The molecule has 0 heterocycles. The van der Waals surface area contributed by atoms with Gasteiger partial charge in [-0.2, -0.15) is 5.26 Å². The zero-order valence-electron chi connectivity index (χ0n) is 12.0. The largest absolute Gasteiger partial charge is 0.283 e. The molecule has 1 N–H and O–H groups in total. The van der Waals surface area contributed by atoms with Crippen molar-refractivity contribution in [2.45, 2.75) is 12.2 Å². The van der Waals surface area contributed by atoms with E-state index in [0.29, 0.717) is 11.3 Å². The molecule has 0 saturated heterocycles. The van der Waals surface area contributed by atoms with Gasteiger partial charge in [-0.3, -0.25) is 14.8 Å². The monoisotopic (exact) mass is 331 g/mol. The summed E-state index contributed by atoms with van der Waals surface area (Å²) < 4.78 is 26.7. The van der Waals surface area contributed by atoms with Crippen LogP contribution in [-0.4, -0.2) is 13.3 Å². The van der Waals surface area contributed by atoms with E-state index in [1.807, 2.05) is 6.07 Å². The van der Waals surface area contributed by atoms with E-state index in [-0.39, 0.29) is 17.9 Å². The van der Waals surface area contributed by atoms with Crippen molar-refractivity contribution in [2.75, 3.05) is 4.72 Å². The molecular formula is C15H13N3O4S. The molecule has 7 nitrogen and oxygen atoms in total. The molecule has 0 amide bonds. The van der Waals surface area contributed by atoms with Crippen molar-refractivity contribution >= 4 is 21.4 Å². The van der Waals surface area contributed by atoms with Crippen molar-refractivity contribution in [3.63, 3.8) is 0 Å². The third-order valence-electron chi connectivity index (χ3n) is 2.99. The predicted octanol–water partition coefficient (Wildman–Crippen LogP) is 2.60. The van der Waals surface area contributed by atoms with Gasteiger partial charge in [-0.1, -0.05) is 24.3 Å². The van der Waals surface area contributed by atoms with E-state index in [1.54, 1.807) is 24.3 Å². The van der Waals surface area contributed by atoms with Crippen molar-refractivity contribution in [1.82, 2.24) is 0 Å². The number of nitro benzene ring substituents is 1. The summed E-state index contributed by atoms with van der Waals surface area (Å²) in [4.78, 5) is 10.1. The van der Waals surface area contributed by atoms with E-state index < -0.39 is 14.9 Å². The number of anilines is 1. The van der Waals surface area contributed by atoms with Crippen LogP contribution in [0.5, 0.6) is 0 Å². The molecule has 23 heavy (non-hydrogen) atoms. The number of sulfonamides is 1. The van der Waals surface area contributed by atoms with Crippen molar-refractivity contribution in [3.8, 4) is 6.07 Å². The van der Waals surface area contributed by atoms with Crippen molar-refractivity contribution in [2.24, 2.45) is 0 Å². The fourth-order valence-corrected chi connectivity index (χ4v) is 3.16. The van der Waals surface area contributed by atoms with Crippen LogP contribution in [0.2, 0.25) is 0 Å². The van der Waals surface area contributed by atoms with E-state index in [2.05, 4.69) is 4.72 Å². The molecule has 0 aliphatic heterocycles. The minimum atomic E-state index is -3.69. The van der Waals surface area contributed by atoms with Gasteiger partial charge in [0.25, 0.3) is 5.69 Å². The Labute approximate surface area is 133 Å². The number of nitro groups is 1. The first-order valence-electron chi connectivity index (χ1n) is 6.59. The molecular weight excluding hydrogens is 318 g/mol. The summed E-state index contributed by atoms with van der Waals surface area (Å²) in [6, 6.07) is 14.0. The van der Waals surface area contributed by atoms with Gasteiger partial charge in [0.05, 0.1) is 23.2 Å². The molecule has 118 valence electrons. The van der Waals surface area contributed by atoms with Gasteiger partial charge in [-0.25, -0.2) is 8.42 Å². The number of nitrogens with one attached hydrogen (secondary N) is 1. The summed E-state index contributed by atoms with van der Waals surface area (Å²) in [5.74, 6) is -0.366. The standard InChI is InChI=1S/C15H13N3O4S/c16-9-8-12-4-6-14(7-5-12)17-23(21,22)11-13-2-1-3-15(10-13)18(19)20/h1-7,10,17H,8,11H2. The van der Waals surface area contributed by atoms with Crippen molar-refractivity contribution in [1.29, 1.82) is 5.26 Å². The summed E-state index contributed by atoms with van der Waals surface area (Å²) >= 11 is 0. The first kappa shape index (κ1) is 16.5. The Balaban J connectivity index is 2.11. The van der Waals surface area contributed by atoms with Crippen molar-refractivity contribution < 1.29 is 13.3 Å². The number of hydrogen-bond acceptors (Lipinski definition) is 5. The second-order valence-corrected chi connectivity index (χ2v) is 6.54. The number of non-ortho nitro benzene ring substituents is 1. The second-order valence-electron chi connectivity index (χ2n) is 4.82. The minimum Gasteiger partial charge on any atom is -0.283 e. The van der Waals surface area contributed by atoms with Crippen LogP contribution >= 0.6 is 0 Å². The highest BCUT2D eigenvalue weighted by molar-refractivity contribution is 7.91. The molecule has 0 aliphatic rings. The third-order valence-corrected chi connectivity index (χ3v) is 4.25. The molecule has 2 rings (SSSR count). The van der Waals surface area contributed by atoms with Crippen LogP contribution in [0.25, 0.3) is 0 Å². The molecule has 0 aromatic heterocycles. The lowest BCUT2D eigenvalue weighted by atomic mass is 10.1. The van der Waals surface area contributed by atoms with Gasteiger partial charge in [-0.15, -0.1) is 0 Å². The minimum absolute atomic E-state index is 0.154. The topological polar surface area (TPSA) is 113 Å². The lowest BCUT2D eigenvalue weighted by Crippen LogP contribution is -2.15. The molecule has 0 saturated carbocycles. The molecule has 8 heteroatoms. The van der Waals surface area contributed by atoms with E-state index in [1.165, 1.54) is 24.3 Å². The summed E-state index contributed by atoms with van der Waals surface area (Å²) in [6.07, 6.45) is 0.251. The number of hydrogen-bond donors (Lipinski definition) is 1. The normalized spacial score (nSPS) is 10.7. The van der Waals surface area contributed by atoms with Gasteiger partial charge in [0, 0.05) is 17.8 Å². The van der Waals surface area contributed by atoms with Crippen LogP contribution < -0.4 is 4.72 Å². The maximum Gasteiger partial charge on any atom is 0.269 e. The highest BCUT2D eigenvalue weighted by atomic mass is 32.2. The van der Waals surface area contributed by atoms with Crippen LogP contribution in [-0.2, 0) is 22.2 Å². The van der Waals surface area contributed by atoms with Crippen LogP contribution in [0.3, 0.4) is 0 Å². The maximum absolute atomic E-state index is 12.1. The maximum atomic E-state index is 12.1. The van der Waals surface area contributed by atoms with Gasteiger partial charge in [0.15, 0.2) is 0 Å². The summed E-state index contributed by atoms with van der Waals surface area (Å²) in [7, 11) is -3.69. The Hall–Kier alpha value is -2.92. The van der Waals surface area contributed by atoms with Gasteiger partial charge >= 0.3 is 0 Å². The van der Waals surface area contributed by atoms with Gasteiger partial charge in [0.2, 0.25) is 10.0 Å². The fraction of sp³-hybridized carbons (Fsp3) is 0.133. The fourth-order valence-electron chi connectivity index (χ4n) is 1.98. The number of benzene rings is 2. The smallest absolute Gasteiger partial charge is 0.269 e. The Kier molecular flexibility index (Phi) is 4.93. The Morgan fingerprint density at radius 1 is 1.13 bits per heavy atom. The van der Waals surface area contributed by atoms with Crippen LogP contribution in [0.4, 0.5) is 11.4 Å². The van der Waals surface area contributed by atoms with Gasteiger partial charge < -0.3 is 0 Å². The lowest BCUT2D eigenvalue weighted by Gasteiger charge is -2.08. The van der Waals surface area contributed by atoms with E-state index in [0.717, 1.165) is 5.56 Å². The molecule has 0 unspecified atom stereocenters. The van der Waals surface area contributed by atoms with Crippen LogP contribution in [0, 0.1) is 21.4 Å². The van der Waals surface area contributed by atoms with Gasteiger partial charge in [-0.05, 0) is 23.3 Å². The molecule has 2 aromatic carbocycles. The average Bonchev–Trinajstić information content (AvgIpc) is 2.49. The number of nitrogens with zero attached hydrogens (tertiary/aromatic N) is 2. The molecule has 0 bridgehead atoms. The van der Waals surface area contributed by atoms with Crippen molar-refractivity contribution in [3.05, 3.63) is 69.8 Å². The molecule has 0 aliphatic carbocycles. The highest BCUT2D eigenvalue weighted by Gasteiger charge is 2.14. The Morgan fingerprint density at radius 2 is 1.83 bits per heavy atom. The van der Waals surface area contributed by atoms with Crippen LogP contribution in [0.1, 0.15) is 11.1 Å². The molecule has 0 atom stereocenters. The zero-order valence-corrected chi connectivity index (χ0v) is 12.8. The van der Waals surface area contributed by atoms with Crippen LogP contribution in [0.15, 0.2) is 48.5 Å². The summed E-state index contributed by atoms with van der Waals surface area (Å²) in [6.45, 7) is 0. The molecule has 0 fully saturated rings. The Bertz CT molecular complexity index is 855. The lowest BCUT2D eigenvalue weighted by molar-refractivity contribution is -0.384. The van der Waals surface area contributed by atoms with E-state index in [4.69, 9.17) is 5.26 Å². The molecule has 2 aromatic rings. The number of nitriles is 1. The number of rotatable bonds is 6. The zero-order chi connectivity index (χ0) is 16.9. The second kappa shape index (κ2) is 6.89. The summed E-state index contributed by atoms with van der Waals surface area (Å²) in [5, 5.41) is 19.3.